The average molecular weight is 272 g/mol. The number of nitrogens with two attached hydrogens (primary N) is 1. The van der Waals surface area contributed by atoms with Crippen LogP contribution < -0.4 is 11.1 Å². The van der Waals surface area contributed by atoms with Crippen LogP contribution in [-0.2, 0) is 0 Å². The Morgan fingerprint density at radius 1 is 1.71 bits per heavy atom. The lowest BCUT2D eigenvalue weighted by atomic mass is 10.0. The van der Waals surface area contributed by atoms with Gasteiger partial charge in [-0.2, -0.15) is 11.8 Å². The van der Waals surface area contributed by atoms with Crippen molar-refractivity contribution >= 4 is 29.2 Å². The van der Waals surface area contributed by atoms with Gasteiger partial charge in [-0.1, -0.05) is 18.5 Å². The lowest BCUT2D eigenvalue weighted by Gasteiger charge is -2.25. The second-order valence-corrected chi connectivity index (χ2v) is 6.00. The number of nitrogens with one attached hydrogen (secondary N) is 1. The van der Waals surface area contributed by atoms with Crippen LogP contribution in [0.4, 0.5) is 5.82 Å². The predicted molar refractivity (Wildman–Crippen MR) is 75.6 cm³/mol. The van der Waals surface area contributed by atoms with Gasteiger partial charge in [0.05, 0.1) is 5.02 Å². The number of aromatic nitrogens is 1. The second-order valence-electron chi connectivity index (χ2n) is 4.21. The van der Waals surface area contributed by atoms with Gasteiger partial charge in [-0.15, -0.1) is 0 Å². The molecule has 2 heterocycles. The van der Waals surface area contributed by atoms with Crippen LogP contribution in [0.15, 0.2) is 12.3 Å². The lowest BCUT2D eigenvalue weighted by Crippen LogP contribution is -2.29. The molecule has 1 saturated heterocycles. The topological polar surface area (TPSA) is 50.9 Å². The van der Waals surface area contributed by atoms with Crippen LogP contribution in [0.1, 0.15) is 31.4 Å². The summed E-state index contributed by atoms with van der Waals surface area (Å²) in [6.07, 6.45) is 4.12. The van der Waals surface area contributed by atoms with Crippen molar-refractivity contribution in [1.82, 2.24) is 10.3 Å². The van der Waals surface area contributed by atoms with Gasteiger partial charge in [0.15, 0.2) is 0 Å². The van der Waals surface area contributed by atoms with E-state index in [0.717, 1.165) is 12.1 Å². The van der Waals surface area contributed by atoms with Gasteiger partial charge in [0.25, 0.3) is 0 Å². The van der Waals surface area contributed by atoms with E-state index in [1.165, 1.54) is 18.6 Å². The molecule has 3 N–H and O–H groups in total. The van der Waals surface area contributed by atoms with E-state index in [1.54, 1.807) is 6.20 Å². The highest BCUT2D eigenvalue weighted by atomic mass is 35.5. The first-order valence-corrected chi connectivity index (χ1v) is 7.41. The van der Waals surface area contributed by atoms with E-state index in [2.05, 4.69) is 17.2 Å². The third-order valence-corrected chi connectivity index (χ3v) is 4.68. The van der Waals surface area contributed by atoms with Gasteiger partial charge in [0, 0.05) is 23.1 Å². The molecular formula is C12H18ClN3S. The molecule has 0 bridgehead atoms. The van der Waals surface area contributed by atoms with E-state index in [9.17, 15) is 0 Å². The summed E-state index contributed by atoms with van der Waals surface area (Å²) in [5, 5.41) is 4.74. The van der Waals surface area contributed by atoms with Crippen molar-refractivity contribution in [2.24, 2.45) is 0 Å². The smallest absolute Gasteiger partial charge is 0.128 e. The third-order valence-electron chi connectivity index (χ3n) is 3.01. The van der Waals surface area contributed by atoms with Gasteiger partial charge in [0.2, 0.25) is 0 Å². The quantitative estimate of drug-likeness (QED) is 0.884. The van der Waals surface area contributed by atoms with E-state index in [4.69, 9.17) is 17.3 Å². The first-order valence-electron chi connectivity index (χ1n) is 5.98. The number of halogens is 1. The first kappa shape index (κ1) is 13.0. The summed E-state index contributed by atoms with van der Waals surface area (Å²) < 4.78 is 0. The SMILES string of the molecule is CCNC(c1cc(Cl)cnc1N)C1CCCS1. The first-order chi connectivity index (χ1) is 8.22. The molecule has 0 spiro atoms. The summed E-state index contributed by atoms with van der Waals surface area (Å²) in [5.41, 5.74) is 7.01. The fourth-order valence-corrected chi connectivity index (χ4v) is 3.81. The summed E-state index contributed by atoms with van der Waals surface area (Å²) in [4.78, 5) is 4.15. The highest BCUT2D eigenvalue weighted by Gasteiger charge is 2.28. The summed E-state index contributed by atoms with van der Waals surface area (Å²) in [6, 6.07) is 2.20. The fraction of sp³-hybridized carbons (Fsp3) is 0.583. The van der Waals surface area contributed by atoms with E-state index in [0.29, 0.717) is 16.1 Å². The molecule has 2 unspecified atom stereocenters. The van der Waals surface area contributed by atoms with Crippen LogP contribution >= 0.6 is 23.4 Å². The van der Waals surface area contributed by atoms with Crippen molar-refractivity contribution in [3.05, 3.63) is 22.8 Å². The minimum atomic E-state index is 0.263. The Hall–Kier alpha value is -0.450. The molecule has 0 amide bonds. The number of nitrogen functional groups attached to an aromatic ring is 1. The maximum Gasteiger partial charge on any atom is 0.128 e. The normalized spacial score (nSPS) is 21.6. The minimum Gasteiger partial charge on any atom is -0.383 e. The Balaban J connectivity index is 2.27. The van der Waals surface area contributed by atoms with Gasteiger partial charge in [-0.25, -0.2) is 4.98 Å². The summed E-state index contributed by atoms with van der Waals surface area (Å²) in [5.74, 6) is 1.83. The van der Waals surface area contributed by atoms with Crippen molar-refractivity contribution in [2.75, 3.05) is 18.0 Å². The second kappa shape index (κ2) is 5.94. The van der Waals surface area contributed by atoms with Crippen LogP contribution in [-0.4, -0.2) is 22.5 Å². The van der Waals surface area contributed by atoms with Crippen molar-refractivity contribution < 1.29 is 0 Å². The molecule has 5 heteroatoms. The van der Waals surface area contributed by atoms with E-state index < -0.39 is 0 Å². The molecular weight excluding hydrogens is 254 g/mol. The largest absolute Gasteiger partial charge is 0.383 e. The van der Waals surface area contributed by atoms with Gasteiger partial charge in [0.1, 0.15) is 5.82 Å². The highest BCUT2D eigenvalue weighted by molar-refractivity contribution is 8.00. The monoisotopic (exact) mass is 271 g/mol. The number of hydrogen-bond donors (Lipinski definition) is 2. The number of thioether (sulfide) groups is 1. The predicted octanol–water partition coefficient (Wildman–Crippen LogP) is 2.86. The lowest BCUT2D eigenvalue weighted by molar-refractivity contribution is 0.519. The Morgan fingerprint density at radius 2 is 2.53 bits per heavy atom. The molecule has 0 aromatic carbocycles. The Morgan fingerprint density at radius 3 is 3.18 bits per heavy atom. The Kier molecular flexibility index (Phi) is 4.54. The van der Waals surface area contributed by atoms with E-state index in [-0.39, 0.29) is 6.04 Å². The maximum atomic E-state index is 6.02. The average Bonchev–Trinajstić information content (AvgIpc) is 2.83. The van der Waals surface area contributed by atoms with Gasteiger partial charge in [-0.05, 0) is 31.2 Å². The summed E-state index contributed by atoms with van der Waals surface area (Å²) in [7, 11) is 0. The molecule has 0 saturated carbocycles. The van der Waals surface area contributed by atoms with Crippen molar-refractivity contribution in [1.29, 1.82) is 0 Å². The molecule has 17 heavy (non-hydrogen) atoms. The summed E-state index contributed by atoms with van der Waals surface area (Å²) in [6.45, 7) is 3.04. The Labute approximate surface area is 112 Å². The summed E-state index contributed by atoms with van der Waals surface area (Å²) >= 11 is 8.03. The fourth-order valence-electron chi connectivity index (χ4n) is 2.24. The van der Waals surface area contributed by atoms with Gasteiger partial charge >= 0.3 is 0 Å². The third kappa shape index (κ3) is 3.06. The van der Waals surface area contributed by atoms with E-state index >= 15 is 0 Å². The number of nitrogens with zero attached hydrogens (tertiary/aromatic N) is 1. The standard InChI is InChI=1S/C12H18ClN3S/c1-2-15-11(10-4-3-5-17-10)9-6-8(13)7-16-12(9)14/h6-7,10-11,15H,2-5H2,1H3,(H2,14,16). The maximum absolute atomic E-state index is 6.02. The Bertz CT molecular complexity index is 380. The number of hydrogen-bond acceptors (Lipinski definition) is 4. The van der Waals surface area contributed by atoms with Crippen molar-refractivity contribution in [3.8, 4) is 0 Å². The van der Waals surface area contributed by atoms with Crippen molar-refractivity contribution in [2.45, 2.75) is 31.1 Å². The van der Waals surface area contributed by atoms with Gasteiger partial charge in [-0.3, -0.25) is 0 Å². The molecule has 1 aliphatic rings. The number of anilines is 1. The van der Waals surface area contributed by atoms with Crippen molar-refractivity contribution in [3.63, 3.8) is 0 Å². The molecule has 94 valence electrons. The molecule has 1 aromatic heterocycles. The zero-order valence-electron chi connectivity index (χ0n) is 9.95. The molecule has 0 aliphatic carbocycles. The molecule has 2 atom stereocenters. The molecule has 2 rings (SSSR count). The minimum absolute atomic E-state index is 0.263. The zero-order valence-corrected chi connectivity index (χ0v) is 11.5. The molecule has 1 aromatic rings. The molecule has 3 nitrogen and oxygen atoms in total. The van der Waals surface area contributed by atoms with Crippen LogP contribution in [0.3, 0.4) is 0 Å². The van der Waals surface area contributed by atoms with Crippen LogP contribution in [0, 0.1) is 0 Å². The molecule has 1 aliphatic heterocycles. The van der Waals surface area contributed by atoms with Crippen LogP contribution in [0.5, 0.6) is 0 Å². The van der Waals surface area contributed by atoms with Gasteiger partial charge < -0.3 is 11.1 Å². The molecule has 0 radical (unpaired) electrons. The van der Waals surface area contributed by atoms with Crippen LogP contribution in [0.2, 0.25) is 5.02 Å². The van der Waals surface area contributed by atoms with E-state index in [1.807, 2.05) is 17.8 Å². The zero-order chi connectivity index (χ0) is 12.3. The highest BCUT2D eigenvalue weighted by Crippen LogP contribution is 2.37. The number of pyridine rings is 1. The molecule has 1 fully saturated rings. The van der Waals surface area contributed by atoms with Crippen LogP contribution in [0.25, 0.3) is 0 Å². The number of rotatable bonds is 4.